The lowest BCUT2D eigenvalue weighted by atomic mass is 9.62. The molecule has 5 rings (SSSR count). The fourth-order valence-electron chi connectivity index (χ4n) is 8.70. The Labute approximate surface area is 219 Å². The van der Waals surface area contributed by atoms with Gasteiger partial charge >= 0.3 is 0 Å². The highest BCUT2D eigenvalue weighted by atomic mass is 16.3. The van der Waals surface area contributed by atoms with Crippen LogP contribution in [0.2, 0.25) is 0 Å². The summed E-state index contributed by atoms with van der Waals surface area (Å²) in [5.41, 5.74) is 0.0762. The Hall–Kier alpha value is -0.240. The van der Waals surface area contributed by atoms with E-state index in [1.54, 1.807) is 0 Å². The van der Waals surface area contributed by atoms with Gasteiger partial charge in [-0.25, -0.2) is 0 Å². The Balaban J connectivity index is 0.000000151. The van der Waals surface area contributed by atoms with E-state index in [4.69, 9.17) is 5.11 Å². The van der Waals surface area contributed by atoms with E-state index in [9.17, 15) is 25.5 Å². The van der Waals surface area contributed by atoms with Gasteiger partial charge in [-0.3, -0.25) is 0 Å². The van der Waals surface area contributed by atoms with E-state index < -0.39 is 0 Å². The zero-order chi connectivity index (χ0) is 26.1. The van der Waals surface area contributed by atoms with Gasteiger partial charge in [-0.1, -0.05) is 44.9 Å². The molecule has 6 N–H and O–H groups in total. The summed E-state index contributed by atoms with van der Waals surface area (Å²) in [5.74, 6) is 2.27. The monoisotopic (exact) mass is 512 g/mol. The van der Waals surface area contributed by atoms with Crippen molar-refractivity contribution in [3.8, 4) is 0 Å². The van der Waals surface area contributed by atoms with Crippen molar-refractivity contribution in [3.63, 3.8) is 0 Å². The maximum absolute atomic E-state index is 9.54. The van der Waals surface area contributed by atoms with Crippen LogP contribution >= 0.6 is 0 Å². The molecule has 0 spiro atoms. The molecule has 0 saturated heterocycles. The van der Waals surface area contributed by atoms with Crippen molar-refractivity contribution >= 4 is 0 Å². The van der Waals surface area contributed by atoms with E-state index in [1.807, 2.05) is 0 Å². The highest BCUT2D eigenvalue weighted by Gasteiger charge is 2.51. The number of hydrogen-bond donors (Lipinski definition) is 6. The first-order chi connectivity index (χ1) is 17.5. The Bertz CT molecular complexity index is 615. The summed E-state index contributed by atoms with van der Waals surface area (Å²) in [4.78, 5) is 0. The van der Waals surface area contributed by atoms with Gasteiger partial charge in [0.05, 0.1) is 13.2 Å². The Morgan fingerprint density at radius 1 is 0.528 bits per heavy atom. The van der Waals surface area contributed by atoms with E-state index >= 15 is 0 Å². The molecule has 212 valence electrons. The average Bonchev–Trinajstić information content (AvgIpc) is 3.63. The van der Waals surface area contributed by atoms with Gasteiger partial charge in [-0.15, -0.1) is 0 Å². The van der Waals surface area contributed by atoms with Crippen LogP contribution in [0.15, 0.2) is 0 Å². The third kappa shape index (κ3) is 6.66. The predicted octanol–water partition coefficient (Wildman–Crippen LogP) is 4.04. The van der Waals surface area contributed by atoms with Crippen LogP contribution in [-0.2, 0) is 0 Å². The fourth-order valence-corrected chi connectivity index (χ4v) is 8.70. The molecule has 0 aromatic rings. The first-order valence-electron chi connectivity index (χ1n) is 15.1. The summed E-state index contributed by atoms with van der Waals surface area (Å²) in [6.07, 6.45) is 20.2. The molecule has 36 heavy (non-hydrogen) atoms. The Morgan fingerprint density at radius 3 is 1.69 bits per heavy atom. The molecule has 0 radical (unpaired) electrons. The highest BCUT2D eigenvalue weighted by Crippen LogP contribution is 2.57. The number of aliphatic hydroxyl groups is 6. The van der Waals surface area contributed by atoms with Crippen molar-refractivity contribution in [3.05, 3.63) is 0 Å². The van der Waals surface area contributed by atoms with Crippen molar-refractivity contribution in [2.24, 2.45) is 39.9 Å². The topological polar surface area (TPSA) is 121 Å². The number of fused-ring (bicyclic) bond motifs is 3. The molecule has 2 bridgehead atoms. The maximum Gasteiger partial charge on any atom is 0.0509 e. The summed E-state index contributed by atoms with van der Waals surface area (Å²) in [6, 6.07) is 0. The summed E-state index contributed by atoms with van der Waals surface area (Å²) in [6.45, 7) is 1.44. The van der Waals surface area contributed by atoms with Crippen LogP contribution in [-0.4, -0.2) is 70.3 Å². The van der Waals surface area contributed by atoms with E-state index in [1.165, 1.54) is 64.2 Å². The minimum absolute atomic E-state index is 0.104. The van der Waals surface area contributed by atoms with Gasteiger partial charge in [0.1, 0.15) is 0 Å². The lowest BCUT2D eigenvalue weighted by Crippen LogP contribution is -2.42. The molecule has 0 amide bonds. The number of aliphatic hydroxyl groups excluding tert-OH is 6. The third-order valence-corrected chi connectivity index (χ3v) is 11.3. The zero-order valence-corrected chi connectivity index (χ0v) is 22.8. The lowest BCUT2D eigenvalue weighted by molar-refractivity contribution is -0.0332. The molecule has 6 atom stereocenters. The highest BCUT2D eigenvalue weighted by molar-refractivity contribution is 5.01. The maximum atomic E-state index is 9.54. The van der Waals surface area contributed by atoms with Crippen LogP contribution in [0.4, 0.5) is 0 Å². The first kappa shape index (κ1) is 30.3. The molecule has 0 aromatic carbocycles. The van der Waals surface area contributed by atoms with Crippen molar-refractivity contribution < 1.29 is 30.6 Å². The normalized spacial score (nSPS) is 39.2. The second kappa shape index (κ2) is 14.2. The molecule has 0 aliphatic heterocycles. The molecule has 6 nitrogen and oxygen atoms in total. The molecule has 0 aromatic heterocycles. The van der Waals surface area contributed by atoms with Crippen molar-refractivity contribution in [1.82, 2.24) is 0 Å². The molecule has 5 aliphatic rings. The first-order valence-corrected chi connectivity index (χ1v) is 15.1. The van der Waals surface area contributed by atoms with Gasteiger partial charge < -0.3 is 30.6 Å². The van der Waals surface area contributed by atoms with E-state index in [2.05, 4.69) is 0 Å². The largest absolute Gasteiger partial charge is 0.396 e. The fraction of sp³-hybridized carbons (Fsp3) is 1.00. The number of hydrogen-bond acceptors (Lipinski definition) is 6. The van der Waals surface area contributed by atoms with Crippen LogP contribution in [0.5, 0.6) is 0 Å². The molecule has 5 fully saturated rings. The number of rotatable bonds is 6. The van der Waals surface area contributed by atoms with Crippen LogP contribution in [0.25, 0.3) is 0 Å². The van der Waals surface area contributed by atoms with Crippen LogP contribution < -0.4 is 0 Å². The van der Waals surface area contributed by atoms with Crippen LogP contribution in [0.1, 0.15) is 109 Å². The molecule has 5 saturated carbocycles. The zero-order valence-electron chi connectivity index (χ0n) is 22.8. The lowest BCUT2D eigenvalue weighted by Gasteiger charge is -2.44. The van der Waals surface area contributed by atoms with Crippen molar-refractivity contribution in [2.45, 2.75) is 109 Å². The molecular weight excluding hydrogens is 456 g/mol. The predicted molar refractivity (Wildman–Crippen MR) is 142 cm³/mol. The quantitative estimate of drug-likeness (QED) is 0.319. The summed E-state index contributed by atoms with van der Waals surface area (Å²) in [7, 11) is 0. The van der Waals surface area contributed by atoms with Gasteiger partial charge in [-0.2, -0.15) is 0 Å². The van der Waals surface area contributed by atoms with Gasteiger partial charge in [0, 0.05) is 37.3 Å². The Morgan fingerprint density at radius 2 is 1.17 bits per heavy atom. The van der Waals surface area contributed by atoms with E-state index in [0.717, 1.165) is 50.9 Å². The van der Waals surface area contributed by atoms with Gasteiger partial charge in [-0.05, 0) is 93.3 Å². The molecular formula is C30H56O6. The molecule has 0 heterocycles. The van der Waals surface area contributed by atoms with Crippen LogP contribution in [0.3, 0.4) is 0 Å². The van der Waals surface area contributed by atoms with Crippen LogP contribution in [0, 0.1) is 39.9 Å². The van der Waals surface area contributed by atoms with Crippen molar-refractivity contribution in [2.75, 3.05) is 39.6 Å². The standard InChI is InChI=1S/C11H20O2.C10H20O2.C9H16O2/c12-7-10-4-1-3-9-5-2-6-11(9,10)8-13;11-8-10(9-12)6-4-2-1-3-5-7-10;10-5-8-3-7-1-2-9(8,4-7)6-11/h9-10,12-13H,1-8H2;11-12H,1-9H2;7-8,10-11H,1-6H2. The molecule has 5 aliphatic carbocycles. The van der Waals surface area contributed by atoms with E-state index in [-0.39, 0.29) is 49.3 Å². The van der Waals surface area contributed by atoms with Gasteiger partial charge in [0.15, 0.2) is 0 Å². The second-order valence-corrected chi connectivity index (χ2v) is 13.1. The SMILES string of the molecule is OCC1(CO)CCCCCCC1.OCC1CC2CCC1(CO)C2.OCC1CCCC2CCCC12CO. The average molecular weight is 513 g/mol. The molecule has 6 unspecified atom stereocenters. The molecule has 6 heteroatoms. The minimum atomic E-state index is -0.152. The van der Waals surface area contributed by atoms with Gasteiger partial charge in [0.2, 0.25) is 0 Å². The van der Waals surface area contributed by atoms with E-state index in [0.29, 0.717) is 24.4 Å². The van der Waals surface area contributed by atoms with Crippen molar-refractivity contribution in [1.29, 1.82) is 0 Å². The summed E-state index contributed by atoms with van der Waals surface area (Å²) >= 11 is 0. The smallest absolute Gasteiger partial charge is 0.0509 e. The third-order valence-electron chi connectivity index (χ3n) is 11.3. The second-order valence-electron chi connectivity index (χ2n) is 13.1. The minimum Gasteiger partial charge on any atom is -0.396 e. The van der Waals surface area contributed by atoms with Gasteiger partial charge in [0.25, 0.3) is 0 Å². The summed E-state index contributed by atoms with van der Waals surface area (Å²) < 4.78 is 0. The Kier molecular flexibility index (Phi) is 12.0. The summed E-state index contributed by atoms with van der Waals surface area (Å²) in [5, 5.41) is 55.6.